The fourth-order valence-corrected chi connectivity index (χ4v) is 4.67. The van der Waals surface area contributed by atoms with Gasteiger partial charge in [0.1, 0.15) is 5.82 Å². The van der Waals surface area contributed by atoms with Crippen LogP contribution >= 0.6 is 23.2 Å². The summed E-state index contributed by atoms with van der Waals surface area (Å²) >= 11 is 12.0. The van der Waals surface area contributed by atoms with Gasteiger partial charge in [0.15, 0.2) is 0 Å². The zero-order chi connectivity index (χ0) is 22.0. The fourth-order valence-electron chi connectivity index (χ4n) is 4.15. The number of nitrogens with zero attached hydrogens (tertiary/aromatic N) is 2. The summed E-state index contributed by atoms with van der Waals surface area (Å²) in [6.45, 7) is 0. The first kappa shape index (κ1) is 21.7. The third-order valence-corrected chi connectivity index (χ3v) is 6.15. The zero-order valence-corrected chi connectivity index (χ0v) is 19.2. The molecule has 4 rings (SSSR count). The van der Waals surface area contributed by atoms with Crippen LogP contribution in [-0.4, -0.2) is 37.1 Å². The number of fused-ring (bicyclic) bond motifs is 1. The van der Waals surface area contributed by atoms with E-state index in [4.69, 9.17) is 28.2 Å². The highest BCUT2D eigenvalue weighted by Crippen LogP contribution is 2.29. The molecule has 1 aliphatic rings. The summed E-state index contributed by atoms with van der Waals surface area (Å²) in [6, 6.07) is 15.7. The highest BCUT2D eigenvalue weighted by Gasteiger charge is 2.23. The van der Waals surface area contributed by atoms with Crippen molar-refractivity contribution in [1.82, 2.24) is 10.3 Å². The van der Waals surface area contributed by atoms with Gasteiger partial charge in [-0.1, -0.05) is 41.4 Å². The van der Waals surface area contributed by atoms with Crippen molar-refractivity contribution in [2.75, 3.05) is 24.3 Å². The molecule has 0 bridgehead atoms. The molecule has 3 aromatic rings. The Morgan fingerprint density at radius 1 is 0.968 bits per heavy atom. The number of carbonyl (C=O) groups excluding carboxylic acids is 1. The van der Waals surface area contributed by atoms with E-state index < -0.39 is 0 Å². The molecular weight excluding hydrogens is 431 g/mol. The van der Waals surface area contributed by atoms with Crippen LogP contribution in [0.15, 0.2) is 48.5 Å². The summed E-state index contributed by atoms with van der Waals surface area (Å²) in [5, 5.41) is 8.79. The van der Waals surface area contributed by atoms with Gasteiger partial charge in [-0.25, -0.2) is 4.98 Å². The number of rotatable bonds is 5. The van der Waals surface area contributed by atoms with Crippen LogP contribution in [0.5, 0.6) is 0 Å². The maximum atomic E-state index is 12.6. The van der Waals surface area contributed by atoms with Crippen LogP contribution in [0.2, 0.25) is 10.0 Å². The molecule has 1 fully saturated rings. The molecule has 31 heavy (non-hydrogen) atoms. The summed E-state index contributed by atoms with van der Waals surface area (Å²) < 4.78 is 0. The normalized spacial score (nSPS) is 18.6. The van der Waals surface area contributed by atoms with Gasteiger partial charge in [0.2, 0.25) is 0 Å². The Kier molecular flexibility index (Phi) is 6.54. The van der Waals surface area contributed by atoms with Crippen LogP contribution in [0.1, 0.15) is 36.0 Å². The predicted octanol–water partition coefficient (Wildman–Crippen LogP) is 5.76. The molecule has 162 valence electrons. The van der Waals surface area contributed by atoms with Crippen LogP contribution in [0.3, 0.4) is 0 Å². The van der Waals surface area contributed by atoms with E-state index in [9.17, 15) is 4.79 Å². The summed E-state index contributed by atoms with van der Waals surface area (Å²) in [5.41, 5.74) is 2.63. The number of amides is 1. The van der Waals surface area contributed by atoms with Gasteiger partial charge < -0.3 is 15.5 Å². The van der Waals surface area contributed by atoms with Gasteiger partial charge in [-0.3, -0.25) is 4.79 Å². The molecule has 2 aromatic carbocycles. The second-order valence-electron chi connectivity index (χ2n) is 8.26. The molecule has 1 amide bonds. The van der Waals surface area contributed by atoms with E-state index in [2.05, 4.69) is 27.7 Å². The van der Waals surface area contributed by atoms with E-state index in [1.54, 1.807) is 18.2 Å². The van der Waals surface area contributed by atoms with Crippen molar-refractivity contribution in [3.8, 4) is 0 Å². The molecule has 0 atom stereocenters. The number of aromatic nitrogens is 1. The summed E-state index contributed by atoms with van der Waals surface area (Å²) in [4.78, 5) is 19.5. The lowest BCUT2D eigenvalue weighted by molar-refractivity contribution is 0.0926. The van der Waals surface area contributed by atoms with Gasteiger partial charge in [-0.15, -0.1) is 0 Å². The monoisotopic (exact) mass is 456 g/mol. The largest absolute Gasteiger partial charge is 0.377 e. The number of hydrogen-bond acceptors (Lipinski definition) is 4. The number of anilines is 2. The van der Waals surface area contributed by atoms with Gasteiger partial charge in [0, 0.05) is 58.9 Å². The zero-order valence-electron chi connectivity index (χ0n) is 17.7. The Morgan fingerprint density at radius 3 is 2.29 bits per heavy atom. The Bertz CT molecular complexity index is 1070. The van der Waals surface area contributed by atoms with Gasteiger partial charge in [-0.2, -0.15) is 0 Å². The lowest BCUT2D eigenvalue weighted by Crippen LogP contribution is -2.40. The molecule has 0 radical (unpaired) electrons. The number of halogens is 2. The maximum Gasteiger partial charge on any atom is 0.251 e. The van der Waals surface area contributed by atoms with E-state index in [1.165, 1.54) is 0 Å². The predicted molar refractivity (Wildman–Crippen MR) is 130 cm³/mol. The highest BCUT2D eigenvalue weighted by atomic mass is 35.5. The summed E-state index contributed by atoms with van der Waals surface area (Å²) in [6.07, 6.45) is 3.75. The Morgan fingerprint density at radius 2 is 1.61 bits per heavy atom. The van der Waals surface area contributed by atoms with Crippen LogP contribution < -0.4 is 15.5 Å². The van der Waals surface area contributed by atoms with Crippen molar-refractivity contribution in [2.45, 2.75) is 37.8 Å². The molecule has 5 nitrogen and oxygen atoms in total. The standard InChI is InChI=1S/C24H26Cl2N4O/c1-30(2)22-14-23(29-21-6-4-3-5-20(21)22)27-18-7-9-19(10-8-18)28-24(31)15-11-16(25)13-17(26)12-15/h3-6,11-14,18-19H,7-10H2,1-2H3,(H,27,29)(H,28,31). The third kappa shape index (κ3) is 5.23. The minimum atomic E-state index is -0.132. The molecule has 1 aromatic heterocycles. The Balaban J connectivity index is 1.38. The molecule has 0 spiro atoms. The van der Waals surface area contributed by atoms with E-state index >= 15 is 0 Å². The lowest BCUT2D eigenvalue weighted by Gasteiger charge is -2.30. The number of para-hydroxylation sites is 1. The Labute approximate surface area is 192 Å². The SMILES string of the molecule is CN(C)c1cc(NC2CCC(NC(=O)c3cc(Cl)cc(Cl)c3)CC2)nc2ccccc12. The topological polar surface area (TPSA) is 57.3 Å². The van der Waals surface area contributed by atoms with Crippen molar-refractivity contribution in [3.63, 3.8) is 0 Å². The number of nitrogens with one attached hydrogen (secondary N) is 2. The van der Waals surface area contributed by atoms with Gasteiger partial charge in [0.25, 0.3) is 5.91 Å². The second kappa shape index (κ2) is 9.33. The molecule has 1 heterocycles. The van der Waals surface area contributed by atoms with Crippen LogP contribution in [0, 0.1) is 0 Å². The van der Waals surface area contributed by atoms with Crippen molar-refractivity contribution >= 4 is 51.5 Å². The smallest absolute Gasteiger partial charge is 0.251 e. The van der Waals surface area contributed by atoms with Gasteiger partial charge in [-0.05, 0) is 49.9 Å². The molecule has 7 heteroatoms. The molecule has 1 aliphatic carbocycles. The average Bonchev–Trinajstić information content (AvgIpc) is 2.73. The van der Waals surface area contributed by atoms with E-state index in [-0.39, 0.29) is 11.9 Å². The molecule has 1 saturated carbocycles. The lowest BCUT2D eigenvalue weighted by atomic mass is 9.91. The first-order valence-corrected chi connectivity index (χ1v) is 11.3. The van der Waals surface area contributed by atoms with Crippen LogP contribution in [0.25, 0.3) is 10.9 Å². The molecular formula is C24H26Cl2N4O. The number of hydrogen-bond donors (Lipinski definition) is 2. The van der Waals surface area contributed by atoms with Crippen molar-refractivity contribution in [2.24, 2.45) is 0 Å². The van der Waals surface area contributed by atoms with Gasteiger partial charge in [0.05, 0.1) is 5.52 Å². The highest BCUT2D eigenvalue weighted by molar-refractivity contribution is 6.35. The van der Waals surface area contributed by atoms with Crippen molar-refractivity contribution in [1.29, 1.82) is 0 Å². The van der Waals surface area contributed by atoms with Gasteiger partial charge >= 0.3 is 0 Å². The van der Waals surface area contributed by atoms with Crippen LogP contribution in [-0.2, 0) is 0 Å². The fraction of sp³-hybridized carbons (Fsp3) is 0.333. The average molecular weight is 457 g/mol. The molecule has 0 unspecified atom stereocenters. The first-order valence-electron chi connectivity index (χ1n) is 10.5. The minimum Gasteiger partial charge on any atom is -0.377 e. The third-order valence-electron chi connectivity index (χ3n) is 5.72. The Hall–Kier alpha value is -2.50. The van der Waals surface area contributed by atoms with Crippen LogP contribution in [0.4, 0.5) is 11.5 Å². The molecule has 0 aliphatic heterocycles. The second-order valence-corrected chi connectivity index (χ2v) is 9.14. The van der Waals surface area contributed by atoms with E-state index in [0.717, 1.165) is 48.1 Å². The van der Waals surface area contributed by atoms with Crippen molar-refractivity contribution < 1.29 is 4.79 Å². The summed E-state index contributed by atoms with van der Waals surface area (Å²) in [5.74, 6) is 0.760. The minimum absolute atomic E-state index is 0.132. The quantitative estimate of drug-likeness (QED) is 0.512. The first-order chi connectivity index (χ1) is 14.9. The number of carbonyl (C=O) groups is 1. The number of benzene rings is 2. The number of pyridine rings is 1. The van der Waals surface area contributed by atoms with E-state index in [1.807, 2.05) is 32.3 Å². The molecule has 2 N–H and O–H groups in total. The molecule has 0 saturated heterocycles. The van der Waals surface area contributed by atoms with Crippen molar-refractivity contribution in [3.05, 3.63) is 64.1 Å². The summed E-state index contributed by atoms with van der Waals surface area (Å²) in [7, 11) is 4.10. The van der Waals surface area contributed by atoms with E-state index in [0.29, 0.717) is 21.7 Å². The maximum absolute atomic E-state index is 12.6.